The highest BCUT2D eigenvalue weighted by Gasteiger charge is 2.33. The van der Waals surface area contributed by atoms with E-state index in [1.807, 2.05) is 0 Å². The molecule has 0 spiro atoms. The highest BCUT2D eigenvalue weighted by molar-refractivity contribution is 5.89. The van der Waals surface area contributed by atoms with Crippen molar-refractivity contribution in [1.82, 2.24) is 0 Å². The van der Waals surface area contributed by atoms with Crippen LogP contribution in [0.2, 0.25) is 0 Å². The van der Waals surface area contributed by atoms with Gasteiger partial charge in [0, 0.05) is 11.8 Å². The van der Waals surface area contributed by atoms with Gasteiger partial charge in [0.1, 0.15) is 17.1 Å². The molecule has 0 aliphatic rings. The largest absolute Gasteiger partial charge is 0.497 e. The Hall–Kier alpha value is -2.56. The molecule has 2 aromatic rings. The Bertz CT molecular complexity index is 643. The third-order valence-corrected chi connectivity index (χ3v) is 3.38. The number of ether oxygens (including phenoxy) is 1. The van der Waals surface area contributed by atoms with Crippen molar-refractivity contribution in [2.45, 2.75) is 12.5 Å². The standard InChI is InChI=1S/C16H17FN2O2/c1-16(15(18)20,11-6-8-12(17)9-7-11)19-13-4-3-5-14(10-13)21-2/h3-10,19H,1-2H3,(H2,18,20). The zero-order chi connectivity index (χ0) is 15.5. The molecule has 0 radical (unpaired) electrons. The maximum Gasteiger partial charge on any atom is 0.247 e. The van der Waals surface area contributed by atoms with Gasteiger partial charge < -0.3 is 15.8 Å². The fraction of sp³-hybridized carbons (Fsp3) is 0.188. The Balaban J connectivity index is 2.38. The minimum atomic E-state index is -1.15. The quantitative estimate of drug-likeness (QED) is 0.889. The van der Waals surface area contributed by atoms with Gasteiger partial charge >= 0.3 is 0 Å². The van der Waals surface area contributed by atoms with Gasteiger partial charge in [-0.15, -0.1) is 0 Å². The van der Waals surface area contributed by atoms with Crippen LogP contribution in [0.3, 0.4) is 0 Å². The molecule has 1 unspecified atom stereocenters. The topological polar surface area (TPSA) is 64.3 Å². The van der Waals surface area contributed by atoms with Gasteiger partial charge in [0.25, 0.3) is 0 Å². The Morgan fingerprint density at radius 1 is 1.24 bits per heavy atom. The first-order valence-electron chi connectivity index (χ1n) is 6.44. The van der Waals surface area contributed by atoms with E-state index in [4.69, 9.17) is 10.5 Å². The number of primary amides is 1. The van der Waals surface area contributed by atoms with Crippen molar-refractivity contribution >= 4 is 11.6 Å². The lowest BCUT2D eigenvalue weighted by atomic mass is 9.90. The minimum absolute atomic E-state index is 0.369. The summed E-state index contributed by atoms with van der Waals surface area (Å²) >= 11 is 0. The second-order valence-corrected chi connectivity index (χ2v) is 4.85. The summed E-state index contributed by atoms with van der Waals surface area (Å²) in [5, 5.41) is 3.09. The molecule has 2 rings (SSSR count). The zero-order valence-corrected chi connectivity index (χ0v) is 11.9. The highest BCUT2D eigenvalue weighted by Crippen LogP contribution is 2.28. The third-order valence-electron chi connectivity index (χ3n) is 3.38. The Morgan fingerprint density at radius 2 is 1.90 bits per heavy atom. The lowest BCUT2D eigenvalue weighted by Crippen LogP contribution is -2.45. The van der Waals surface area contributed by atoms with Crippen molar-refractivity contribution in [3.05, 3.63) is 59.9 Å². The molecular weight excluding hydrogens is 271 g/mol. The van der Waals surface area contributed by atoms with Gasteiger partial charge in [-0.3, -0.25) is 4.79 Å². The van der Waals surface area contributed by atoms with Crippen LogP contribution >= 0.6 is 0 Å². The lowest BCUT2D eigenvalue weighted by molar-refractivity contribution is -0.122. The molecule has 2 aromatic carbocycles. The molecular formula is C16H17FN2O2. The van der Waals surface area contributed by atoms with Crippen LogP contribution in [0, 0.1) is 5.82 Å². The maximum absolute atomic E-state index is 13.0. The van der Waals surface area contributed by atoms with Crippen LogP contribution in [0.25, 0.3) is 0 Å². The Morgan fingerprint density at radius 3 is 2.48 bits per heavy atom. The molecule has 4 nitrogen and oxygen atoms in total. The number of hydrogen-bond acceptors (Lipinski definition) is 3. The van der Waals surface area contributed by atoms with Gasteiger partial charge in [-0.2, -0.15) is 0 Å². The van der Waals surface area contributed by atoms with E-state index in [-0.39, 0.29) is 5.82 Å². The number of halogens is 1. The molecule has 0 saturated heterocycles. The van der Waals surface area contributed by atoms with Crippen LogP contribution in [0.15, 0.2) is 48.5 Å². The SMILES string of the molecule is COc1cccc(NC(C)(C(N)=O)c2ccc(F)cc2)c1. The molecule has 0 fully saturated rings. The van der Waals surface area contributed by atoms with Gasteiger partial charge in [0.15, 0.2) is 0 Å². The first-order chi connectivity index (χ1) is 9.95. The average Bonchev–Trinajstić information content (AvgIpc) is 2.47. The maximum atomic E-state index is 13.0. The Kier molecular flexibility index (Phi) is 4.12. The summed E-state index contributed by atoms with van der Waals surface area (Å²) in [5.74, 6) is -0.269. The van der Waals surface area contributed by atoms with E-state index in [0.29, 0.717) is 17.0 Å². The van der Waals surface area contributed by atoms with Crippen molar-refractivity contribution in [2.75, 3.05) is 12.4 Å². The highest BCUT2D eigenvalue weighted by atomic mass is 19.1. The summed E-state index contributed by atoms with van der Waals surface area (Å²) in [6, 6.07) is 12.8. The van der Waals surface area contributed by atoms with Crippen molar-refractivity contribution in [3.63, 3.8) is 0 Å². The van der Waals surface area contributed by atoms with Crippen molar-refractivity contribution < 1.29 is 13.9 Å². The zero-order valence-electron chi connectivity index (χ0n) is 11.9. The van der Waals surface area contributed by atoms with E-state index >= 15 is 0 Å². The van der Waals surface area contributed by atoms with Crippen LogP contribution in [0.4, 0.5) is 10.1 Å². The molecule has 21 heavy (non-hydrogen) atoms. The van der Waals surface area contributed by atoms with E-state index in [1.165, 1.54) is 24.3 Å². The molecule has 1 atom stereocenters. The number of nitrogens with two attached hydrogens (primary N) is 1. The molecule has 110 valence electrons. The monoisotopic (exact) mass is 288 g/mol. The molecule has 0 aliphatic heterocycles. The fourth-order valence-electron chi connectivity index (χ4n) is 2.05. The number of nitrogens with one attached hydrogen (secondary N) is 1. The van der Waals surface area contributed by atoms with Crippen LogP contribution in [-0.4, -0.2) is 13.0 Å². The second-order valence-electron chi connectivity index (χ2n) is 4.85. The summed E-state index contributed by atoms with van der Waals surface area (Å²) in [5.41, 5.74) is 5.64. The van der Waals surface area contributed by atoms with Crippen LogP contribution in [0.1, 0.15) is 12.5 Å². The second kappa shape index (κ2) is 5.83. The van der Waals surface area contributed by atoms with Gasteiger partial charge in [0.05, 0.1) is 7.11 Å². The lowest BCUT2D eigenvalue weighted by Gasteiger charge is -2.29. The predicted molar refractivity (Wildman–Crippen MR) is 79.6 cm³/mol. The van der Waals surface area contributed by atoms with E-state index in [9.17, 15) is 9.18 Å². The number of amides is 1. The molecule has 0 saturated carbocycles. The number of anilines is 1. The smallest absolute Gasteiger partial charge is 0.247 e. The molecule has 0 bridgehead atoms. The molecule has 1 amide bonds. The van der Waals surface area contributed by atoms with Gasteiger partial charge in [0.2, 0.25) is 5.91 Å². The normalized spacial score (nSPS) is 13.3. The molecule has 0 heterocycles. The summed E-state index contributed by atoms with van der Waals surface area (Å²) < 4.78 is 18.2. The average molecular weight is 288 g/mol. The number of carbonyl (C=O) groups excluding carboxylic acids is 1. The molecule has 0 aliphatic carbocycles. The predicted octanol–water partition coefficient (Wildman–Crippen LogP) is 2.65. The first kappa shape index (κ1) is 14.8. The minimum Gasteiger partial charge on any atom is -0.497 e. The number of methoxy groups -OCH3 is 1. The van der Waals surface area contributed by atoms with Crippen molar-refractivity contribution in [2.24, 2.45) is 5.73 Å². The number of carbonyl (C=O) groups is 1. The van der Waals surface area contributed by atoms with Gasteiger partial charge in [-0.1, -0.05) is 18.2 Å². The van der Waals surface area contributed by atoms with Crippen LogP contribution < -0.4 is 15.8 Å². The van der Waals surface area contributed by atoms with Crippen LogP contribution in [-0.2, 0) is 10.3 Å². The molecule has 5 heteroatoms. The number of rotatable bonds is 5. The van der Waals surface area contributed by atoms with E-state index < -0.39 is 11.4 Å². The third kappa shape index (κ3) is 3.13. The van der Waals surface area contributed by atoms with Crippen LogP contribution in [0.5, 0.6) is 5.75 Å². The van der Waals surface area contributed by atoms with E-state index in [2.05, 4.69) is 5.32 Å². The number of benzene rings is 2. The summed E-state index contributed by atoms with van der Waals surface area (Å²) in [7, 11) is 1.56. The number of hydrogen-bond donors (Lipinski definition) is 2. The van der Waals surface area contributed by atoms with Crippen molar-refractivity contribution in [3.8, 4) is 5.75 Å². The summed E-state index contributed by atoms with van der Waals surface area (Å²) in [4.78, 5) is 11.9. The first-order valence-corrected chi connectivity index (χ1v) is 6.44. The molecule has 3 N–H and O–H groups in total. The van der Waals surface area contributed by atoms with E-state index in [0.717, 1.165) is 0 Å². The fourth-order valence-corrected chi connectivity index (χ4v) is 2.05. The Labute approximate surface area is 122 Å². The van der Waals surface area contributed by atoms with Gasteiger partial charge in [-0.05, 0) is 36.8 Å². The van der Waals surface area contributed by atoms with Gasteiger partial charge in [-0.25, -0.2) is 4.39 Å². The summed E-state index contributed by atoms with van der Waals surface area (Å²) in [6.07, 6.45) is 0. The molecule has 0 aromatic heterocycles. The van der Waals surface area contributed by atoms with Crippen molar-refractivity contribution in [1.29, 1.82) is 0 Å². The summed E-state index contributed by atoms with van der Waals surface area (Å²) in [6.45, 7) is 1.65. The van der Waals surface area contributed by atoms with E-state index in [1.54, 1.807) is 38.3 Å².